The Labute approximate surface area is 178 Å². The molecule has 0 atom stereocenters. The van der Waals surface area contributed by atoms with Gasteiger partial charge in [-0.25, -0.2) is 14.8 Å². The molecule has 31 heavy (non-hydrogen) atoms. The number of carbonyl (C=O) groups excluding carboxylic acids is 1. The van der Waals surface area contributed by atoms with Crippen LogP contribution in [-0.4, -0.2) is 27.0 Å². The summed E-state index contributed by atoms with van der Waals surface area (Å²) in [7, 11) is 0. The highest BCUT2D eigenvalue weighted by Gasteiger charge is 2.16. The van der Waals surface area contributed by atoms with Crippen LogP contribution in [0.2, 0.25) is 0 Å². The van der Waals surface area contributed by atoms with Crippen LogP contribution in [0.5, 0.6) is 5.88 Å². The first kappa shape index (κ1) is 20.0. The first-order valence-electron chi connectivity index (χ1n) is 9.60. The van der Waals surface area contributed by atoms with Crippen LogP contribution in [0.1, 0.15) is 22.7 Å². The van der Waals surface area contributed by atoms with Gasteiger partial charge >= 0.3 is 6.16 Å². The largest absolute Gasteiger partial charge is 0.512 e. The van der Waals surface area contributed by atoms with Crippen molar-refractivity contribution in [3.8, 4) is 28.5 Å². The lowest BCUT2D eigenvalue weighted by Gasteiger charge is -2.04. The highest BCUT2D eigenvalue weighted by atomic mass is 16.7. The summed E-state index contributed by atoms with van der Waals surface area (Å²) in [6.45, 7) is 0. The number of Topliss-reactive ketones (excluding diaryl/α,β-unsaturated/α-hetero) is 1. The van der Waals surface area contributed by atoms with Crippen molar-refractivity contribution in [1.82, 2.24) is 9.97 Å². The summed E-state index contributed by atoms with van der Waals surface area (Å²) in [4.78, 5) is 31.2. The molecule has 0 aliphatic rings. The number of ketones is 1. The standard InChI is InChI=1S/C24H18N2O5/c27-20(14-11-16-9-12-18(13-10-16)17-5-2-1-3-6-17)23-25-15-21(30-23)19-7-4-8-22(26-19)31-24(28)29/h1-10,12-13,15H,11,14H2,(H,28,29). The Morgan fingerprint density at radius 2 is 1.65 bits per heavy atom. The molecule has 1 N–H and O–H groups in total. The quantitative estimate of drug-likeness (QED) is 0.324. The van der Waals surface area contributed by atoms with E-state index in [0.29, 0.717) is 12.1 Å². The maximum atomic E-state index is 12.5. The van der Waals surface area contributed by atoms with E-state index in [1.807, 2.05) is 42.5 Å². The van der Waals surface area contributed by atoms with Gasteiger partial charge in [-0.15, -0.1) is 0 Å². The number of carboxylic acid groups (broad SMARTS) is 1. The van der Waals surface area contributed by atoms with Crippen LogP contribution >= 0.6 is 0 Å². The van der Waals surface area contributed by atoms with Crippen LogP contribution in [0.25, 0.3) is 22.6 Å². The number of oxazole rings is 1. The number of benzene rings is 2. The predicted molar refractivity (Wildman–Crippen MR) is 113 cm³/mol. The molecule has 154 valence electrons. The number of nitrogens with zero attached hydrogens (tertiary/aromatic N) is 2. The van der Waals surface area contributed by atoms with Crippen molar-refractivity contribution in [2.45, 2.75) is 12.8 Å². The van der Waals surface area contributed by atoms with Gasteiger partial charge in [0.1, 0.15) is 5.69 Å². The van der Waals surface area contributed by atoms with Crippen molar-refractivity contribution < 1.29 is 23.8 Å². The lowest BCUT2D eigenvalue weighted by Crippen LogP contribution is -2.04. The fourth-order valence-electron chi connectivity index (χ4n) is 3.08. The minimum absolute atomic E-state index is 0.0118. The zero-order valence-electron chi connectivity index (χ0n) is 16.4. The van der Waals surface area contributed by atoms with E-state index in [4.69, 9.17) is 9.52 Å². The fourth-order valence-corrected chi connectivity index (χ4v) is 3.08. The smallest absolute Gasteiger partial charge is 0.449 e. The van der Waals surface area contributed by atoms with Gasteiger partial charge in [0.25, 0.3) is 5.89 Å². The second kappa shape index (κ2) is 9.04. The first-order valence-corrected chi connectivity index (χ1v) is 9.60. The van der Waals surface area contributed by atoms with Crippen LogP contribution in [0.3, 0.4) is 0 Å². The van der Waals surface area contributed by atoms with Gasteiger partial charge < -0.3 is 14.3 Å². The van der Waals surface area contributed by atoms with Gasteiger partial charge in [-0.1, -0.05) is 60.7 Å². The lowest BCUT2D eigenvalue weighted by molar-refractivity contribution is 0.0950. The van der Waals surface area contributed by atoms with Gasteiger partial charge in [0.05, 0.1) is 6.20 Å². The zero-order valence-corrected chi connectivity index (χ0v) is 16.4. The van der Waals surface area contributed by atoms with E-state index in [9.17, 15) is 9.59 Å². The predicted octanol–water partition coefficient (Wildman–Crippen LogP) is 5.28. The number of aryl methyl sites for hydroxylation is 1. The molecule has 0 radical (unpaired) electrons. The first-order chi connectivity index (χ1) is 15.1. The van der Waals surface area contributed by atoms with Gasteiger partial charge in [0.2, 0.25) is 11.7 Å². The summed E-state index contributed by atoms with van der Waals surface area (Å²) in [6, 6.07) is 22.8. The second-order valence-electron chi connectivity index (χ2n) is 6.74. The van der Waals surface area contributed by atoms with E-state index in [1.165, 1.54) is 12.3 Å². The molecule has 0 fully saturated rings. The molecule has 4 aromatic rings. The molecule has 0 saturated carbocycles. The van der Waals surface area contributed by atoms with E-state index < -0.39 is 6.16 Å². The molecule has 0 spiro atoms. The van der Waals surface area contributed by atoms with Crippen LogP contribution < -0.4 is 4.74 Å². The topological polar surface area (TPSA) is 103 Å². The molecule has 0 aliphatic carbocycles. The average Bonchev–Trinajstić information content (AvgIpc) is 3.29. The Hall–Kier alpha value is -4.26. The molecule has 0 aliphatic heterocycles. The molecule has 7 heteroatoms. The number of pyridine rings is 1. The van der Waals surface area contributed by atoms with Gasteiger partial charge in [0, 0.05) is 12.5 Å². The van der Waals surface area contributed by atoms with Crippen molar-refractivity contribution >= 4 is 11.9 Å². The van der Waals surface area contributed by atoms with Crippen molar-refractivity contribution in [2.75, 3.05) is 0 Å². The summed E-state index contributed by atoms with van der Waals surface area (Å²) in [5, 5.41) is 8.69. The molecular formula is C24H18N2O5. The Bertz CT molecular complexity index is 1200. The molecule has 2 aromatic carbocycles. The summed E-state index contributed by atoms with van der Waals surface area (Å²) < 4.78 is 10.1. The van der Waals surface area contributed by atoms with Gasteiger partial charge in [-0.3, -0.25) is 4.79 Å². The normalized spacial score (nSPS) is 10.6. The number of rotatable bonds is 7. The molecule has 0 saturated heterocycles. The van der Waals surface area contributed by atoms with E-state index >= 15 is 0 Å². The summed E-state index contributed by atoms with van der Waals surface area (Å²) >= 11 is 0. The SMILES string of the molecule is O=C(O)Oc1cccc(-c2cnc(C(=O)CCc3ccc(-c4ccccc4)cc3)o2)n1. The average molecular weight is 414 g/mol. The van der Waals surface area contributed by atoms with Crippen LogP contribution in [-0.2, 0) is 6.42 Å². The Morgan fingerprint density at radius 1 is 0.903 bits per heavy atom. The Morgan fingerprint density at radius 3 is 2.39 bits per heavy atom. The number of hydrogen-bond donors (Lipinski definition) is 1. The molecule has 0 amide bonds. The van der Waals surface area contributed by atoms with E-state index in [1.54, 1.807) is 12.1 Å². The Kier molecular flexibility index (Phi) is 5.84. The summed E-state index contributed by atoms with van der Waals surface area (Å²) in [5.74, 6) is -0.0711. The minimum Gasteiger partial charge on any atom is -0.449 e. The maximum absolute atomic E-state index is 12.5. The van der Waals surface area contributed by atoms with E-state index in [2.05, 4.69) is 26.8 Å². The van der Waals surface area contributed by atoms with Crippen molar-refractivity contribution in [2.24, 2.45) is 0 Å². The molecule has 4 rings (SSSR count). The van der Waals surface area contributed by atoms with Gasteiger partial charge in [-0.05, 0) is 29.2 Å². The monoisotopic (exact) mass is 414 g/mol. The van der Waals surface area contributed by atoms with Gasteiger partial charge in [-0.2, -0.15) is 0 Å². The number of hydrogen-bond acceptors (Lipinski definition) is 6. The molecular weight excluding hydrogens is 396 g/mol. The maximum Gasteiger partial charge on any atom is 0.512 e. The third-order valence-corrected chi connectivity index (χ3v) is 4.61. The highest BCUT2D eigenvalue weighted by Crippen LogP contribution is 2.23. The van der Waals surface area contributed by atoms with E-state index in [0.717, 1.165) is 16.7 Å². The fraction of sp³-hybridized carbons (Fsp3) is 0.0833. The zero-order chi connectivity index (χ0) is 21.6. The lowest BCUT2D eigenvalue weighted by atomic mass is 10.0. The molecule has 7 nitrogen and oxygen atoms in total. The summed E-state index contributed by atoms with van der Waals surface area (Å²) in [6.07, 6.45) is 0.732. The van der Waals surface area contributed by atoms with Crippen molar-refractivity contribution in [3.63, 3.8) is 0 Å². The van der Waals surface area contributed by atoms with Crippen molar-refractivity contribution in [3.05, 3.63) is 90.4 Å². The Balaban J connectivity index is 1.39. The van der Waals surface area contributed by atoms with Crippen molar-refractivity contribution in [1.29, 1.82) is 0 Å². The van der Waals surface area contributed by atoms with Crippen LogP contribution in [0, 0.1) is 0 Å². The molecule has 0 bridgehead atoms. The molecule has 2 aromatic heterocycles. The van der Waals surface area contributed by atoms with Crippen LogP contribution in [0.4, 0.5) is 4.79 Å². The molecule has 2 heterocycles. The van der Waals surface area contributed by atoms with Crippen LogP contribution in [0.15, 0.2) is 83.4 Å². The van der Waals surface area contributed by atoms with Gasteiger partial charge in [0.15, 0.2) is 5.76 Å². The molecule has 0 unspecified atom stereocenters. The number of aromatic nitrogens is 2. The third-order valence-electron chi connectivity index (χ3n) is 4.61. The highest BCUT2D eigenvalue weighted by molar-refractivity contribution is 5.92. The van der Waals surface area contributed by atoms with E-state index in [-0.39, 0.29) is 29.7 Å². The second-order valence-corrected chi connectivity index (χ2v) is 6.74. The number of carbonyl (C=O) groups is 2. The summed E-state index contributed by atoms with van der Waals surface area (Å²) in [5.41, 5.74) is 3.63. The number of ether oxygens (including phenoxy) is 1. The third kappa shape index (κ3) is 5.02. The minimum atomic E-state index is -1.46.